The quantitative estimate of drug-likeness (QED) is 0.729. The summed E-state index contributed by atoms with van der Waals surface area (Å²) >= 11 is 12.1. The number of halogens is 4. The fourth-order valence-corrected chi connectivity index (χ4v) is 2.43. The van der Waals surface area contributed by atoms with Gasteiger partial charge in [-0.05, 0) is 29.8 Å². The summed E-state index contributed by atoms with van der Waals surface area (Å²) < 4.78 is 31.9. The molecule has 0 N–H and O–H groups in total. The zero-order valence-electron chi connectivity index (χ0n) is 9.96. The van der Waals surface area contributed by atoms with Crippen molar-refractivity contribution in [2.24, 2.45) is 0 Å². The van der Waals surface area contributed by atoms with Crippen LogP contribution in [0.1, 0.15) is 16.5 Å². The molecular weight excluding hydrogens is 293 g/mol. The Morgan fingerprint density at radius 3 is 2.53 bits per heavy atom. The van der Waals surface area contributed by atoms with Crippen LogP contribution in [0.4, 0.5) is 8.78 Å². The molecule has 1 atom stereocenters. The predicted molar refractivity (Wildman–Crippen MR) is 72.1 cm³/mol. The Kier molecular flexibility index (Phi) is 4.27. The summed E-state index contributed by atoms with van der Waals surface area (Å²) in [6.45, 7) is 0. The van der Waals surface area contributed by atoms with Gasteiger partial charge < -0.3 is 4.74 Å². The average Bonchev–Trinajstić information content (AvgIpc) is 2.41. The van der Waals surface area contributed by atoms with Crippen LogP contribution >= 0.6 is 23.2 Å². The van der Waals surface area contributed by atoms with Crippen molar-refractivity contribution in [2.45, 2.75) is 5.38 Å². The van der Waals surface area contributed by atoms with Crippen LogP contribution in [0.2, 0.25) is 5.02 Å². The standard InChI is InChI=1S/C14H10Cl2F2O/c1-19-12-6-5-8(17)7-10(12)13(15)9-3-2-4-11(18)14(9)16/h2-7,13H,1H3. The third-order valence-corrected chi connectivity index (χ3v) is 3.59. The van der Waals surface area contributed by atoms with Crippen LogP contribution in [-0.4, -0.2) is 7.11 Å². The Morgan fingerprint density at radius 1 is 1.11 bits per heavy atom. The second kappa shape index (κ2) is 5.76. The summed E-state index contributed by atoms with van der Waals surface area (Å²) in [5, 5.41) is -0.873. The second-order valence-corrected chi connectivity index (χ2v) is 4.71. The molecule has 0 saturated heterocycles. The van der Waals surface area contributed by atoms with Gasteiger partial charge >= 0.3 is 0 Å². The predicted octanol–water partition coefficient (Wildman–Crippen LogP) is 4.96. The van der Waals surface area contributed by atoms with Crippen molar-refractivity contribution < 1.29 is 13.5 Å². The zero-order valence-corrected chi connectivity index (χ0v) is 11.5. The second-order valence-electron chi connectivity index (χ2n) is 3.89. The number of hydrogen-bond donors (Lipinski definition) is 0. The molecule has 1 nitrogen and oxygen atoms in total. The van der Waals surface area contributed by atoms with E-state index in [1.165, 1.54) is 37.4 Å². The summed E-state index contributed by atoms with van der Waals surface area (Å²) in [4.78, 5) is 0. The van der Waals surface area contributed by atoms with Gasteiger partial charge in [-0.3, -0.25) is 0 Å². The fraction of sp³-hybridized carbons (Fsp3) is 0.143. The minimum atomic E-state index is -0.797. The molecule has 19 heavy (non-hydrogen) atoms. The number of alkyl halides is 1. The van der Waals surface area contributed by atoms with E-state index in [4.69, 9.17) is 27.9 Å². The van der Waals surface area contributed by atoms with Crippen LogP contribution in [0.25, 0.3) is 0 Å². The first-order chi connectivity index (χ1) is 9.04. The van der Waals surface area contributed by atoms with Gasteiger partial charge in [-0.25, -0.2) is 8.78 Å². The first kappa shape index (κ1) is 14.1. The van der Waals surface area contributed by atoms with Gasteiger partial charge in [0.15, 0.2) is 0 Å². The minimum Gasteiger partial charge on any atom is -0.496 e. The number of rotatable bonds is 3. The van der Waals surface area contributed by atoms with E-state index in [1.54, 1.807) is 6.07 Å². The largest absolute Gasteiger partial charge is 0.496 e. The van der Waals surface area contributed by atoms with Crippen molar-refractivity contribution >= 4 is 23.2 Å². The van der Waals surface area contributed by atoms with E-state index in [9.17, 15) is 8.78 Å². The molecular formula is C14H10Cl2F2O. The molecule has 5 heteroatoms. The topological polar surface area (TPSA) is 9.23 Å². The summed E-state index contributed by atoms with van der Waals surface area (Å²) in [6.07, 6.45) is 0. The summed E-state index contributed by atoms with van der Waals surface area (Å²) in [6, 6.07) is 8.30. The van der Waals surface area contributed by atoms with Crippen LogP contribution in [0.15, 0.2) is 36.4 Å². The highest BCUT2D eigenvalue weighted by Crippen LogP contribution is 2.39. The molecule has 0 saturated carbocycles. The number of benzene rings is 2. The Hall–Kier alpha value is -1.32. The van der Waals surface area contributed by atoms with E-state index in [1.807, 2.05) is 0 Å². The highest BCUT2D eigenvalue weighted by molar-refractivity contribution is 6.33. The Morgan fingerprint density at radius 2 is 1.84 bits per heavy atom. The van der Waals surface area contributed by atoms with E-state index in [2.05, 4.69) is 0 Å². The lowest BCUT2D eigenvalue weighted by Gasteiger charge is -2.15. The number of methoxy groups -OCH3 is 1. The zero-order chi connectivity index (χ0) is 14.0. The molecule has 0 heterocycles. The SMILES string of the molecule is COc1ccc(F)cc1C(Cl)c1cccc(F)c1Cl. The summed E-state index contributed by atoms with van der Waals surface area (Å²) in [5.41, 5.74) is 0.768. The van der Waals surface area contributed by atoms with Crippen LogP contribution < -0.4 is 4.74 Å². The maximum atomic E-state index is 13.4. The van der Waals surface area contributed by atoms with Crippen molar-refractivity contribution in [3.05, 3.63) is 64.2 Å². The lowest BCUT2D eigenvalue weighted by molar-refractivity contribution is 0.409. The van der Waals surface area contributed by atoms with E-state index in [0.29, 0.717) is 16.9 Å². The third kappa shape index (κ3) is 2.82. The highest BCUT2D eigenvalue weighted by atomic mass is 35.5. The van der Waals surface area contributed by atoms with Crippen molar-refractivity contribution in [2.75, 3.05) is 7.11 Å². The smallest absolute Gasteiger partial charge is 0.142 e. The lowest BCUT2D eigenvalue weighted by atomic mass is 10.0. The highest BCUT2D eigenvalue weighted by Gasteiger charge is 2.20. The van der Waals surface area contributed by atoms with Crippen molar-refractivity contribution in [1.82, 2.24) is 0 Å². The Balaban J connectivity index is 2.52. The molecule has 2 aromatic carbocycles. The maximum absolute atomic E-state index is 13.4. The maximum Gasteiger partial charge on any atom is 0.142 e. The first-order valence-electron chi connectivity index (χ1n) is 5.46. The Labute approximate surface area is 119 Å². The van der Waals surface area contributed by atoms with Crippen LogP contribution in [0.5, 0.6) is 5.75 Å². The van der Waals surface area contributed by atoms with Gasteiger partial charge in [-0.15, -0.1) is 11.6 Å². The molecule has 2 rings (SSSR count). The molecule has 1 unspecified atom stereocenters. The van der Waals surface area contributed by atoms with Crippen molar-refractivity contribution in [3.63, 3.8) is 0 Å². The van der Waals surface area contributed by atoms with Crippen molar-refractivity contribution in [1.29, 1.82) is 0 Å². The van der Waals surface area contributed by atoms with E-state index in [0.717, 1.165) is 0 Å². The Bertz CT molecular complexity index is 602. The molecule has 0 spiro atoms. The fourth-order valence-electron chi connectivity index (χ4n) is 1.79. The molecule has 0 aromatic heterocycles. The van der Waals surface area contributed by atoms with E-state index < -0.39 is 17.0 Å². The van der Waals surface area contributed by atoms with Gasteiger partial charge in [-0.2, -0.15) is 0 Å². The molecule has 100 valence electrons. The number of ether oxygens (including phenoxy) is 1. The number of hydrogen-bond acceptors (Lipinski definition) is 1. The minimum absolute atomic E-state index is 0.0752. The summed E-state index contributed by atoms with van der Waals surface area (Å²) in [5.74, 6) is -0.601. The van der Waals surface area contributed by atoms with Crippen LogP contribution in [-0.2, 0) is 0 Å². The molecule has 0 aliphatic rings. The van der Waals surface area contributed by atoms with Crippen molar-refractivity contribution in [3.8, 4) is 5.75 Å². The molecule has 0 bridgehead atoms. The van der Waals surface area contributed by atoms with Gasteiger partial charge in [0.25, 0.3) is 0 Å². The molecule has 0 fully saturated rings. The molecule has 0 amide bonds. The van der Waals surface area contributed by atoms with Gasteiger partial charge in [-0.1, -0.05) is 23.7 Å². The summed E-state index contributed by atoms with van der Waals surface area (Å²) in [7, 11) is 1.45. The van der Waals surface area contributed by atoms with Crippen LogP contribution in [0, 0.1) is 11.6 Å². The molecule has 2 aromatic rings. The van der Waals surface area contributed by atoms with E-state index >= 15 is 0 Å². The molecule has 0 radical (unpaired) electrons. The first-order valence-corrected chi connectivity index (χ1v) is 6.27. The average molecular weight is 303 g/mol. The van der Waals surface area contributed by atoms with Gasteiger partial charge in [0.2, 0.25) is 0 Å². The van der Waals surface area contributed by atoms with E-state index in [-0.39, 0.29) is 5.02 Å². The third-order valence-electron chi connectivity index (χ3n) is 2.72. The van der Waals surface area contributed by atoms with Gasteiger partial charge in [0.1, 0.15) is 17.4 Å². The van der Waals surface area contributed by atoms with Gasteiger partial charge in [0, 0.05) is 5.56 Å². The van der Waals surface area contributed by atoms with Crippen LogP contribution in [0.3, 0.4) is 0 Å². The van der Waals surface area contributed by atoms with Gasteiger partial charge in [0.05, 0.1) is 17.5 Å². The lowest BCUT2D eigenvalue weighted by Crippen LogP contribution is -2.00. The molecule has 0 aliphatic heterocycles. The molecule has 0 aliphatic carbocycles. The normalized spacial score (nSPS) is 12.3. The monoisotopic (exact) mass is 302 g/mol.